The van der Waals surface area contributed by atoms with Crippen LogP contribution in [0.5, 0.6) is 0 Å². The van der Waals surface area contributed by atoms with Gasteiger partial charge in [0.2, 0.25) is 5.91 Å². The number of nitrogens with zero attached hydrogens (tertiary/aromatic N) is 3. The third-order valence-electron chi connectivity index (χ3n) is 6.01. The fourth-order valence-corrected chi connectivity index (χ4v) is 5.34. The summed E-state index contributed by atoms with van der Waals surface area (Å²) in [7, 11) is 3.49. The first-order chi connectivity index (χ1) is 14.4. The lowest BCUT2D eigenvalue weighted by molar-refractivity contribution is -0.129. The number of carboxylic acid groups (broad SMARTS) is 1. The number of benzene rings is 1. The number of aromatic carboxylic acids is 1. The second-order valence-electron chi connectivity index (χ2n) is 8.25. The van der Waals surface area contributed by atoms with Crippen molar-refractivity contribution in [1.82, 2.24) is 14.5 Å². The Morgan fingerprint density at radius 1 is 1.23 bits per heavy atom. The zero-order chi connectivity index (χ0) is 21.4. The van der Waals surface area contributed by atoms with Crippen molar-refractivity contribution in [2.45, 2.75) is 51.5 Å². The number of hydrogen-bond donors (Lipinski definition) is 1. The molecule has 1 amide bonds. The molecule has 158 valence electrons. The minimum atomic E-state index is -0.960. The number of fused-ring (bicyclic) bond motifs is 1. The molecule has 4 rings (SSSR count). The first kappa shape index (κ1) is 20.6. The van der Waals surface area contributed by atoms with Crippen molar-refractivity contribution in [3.05, 3.63) is 40.5 Å². The molecule has 6 nitrogen and oxygen atoms in total. The number of carbonyl (C=O) groups is 2. The van der Waals surface area contributed by atoms with Gasteiger partial charge in [-0.2, -0.15) is 0 Å². The van der Waals surface area contributed by atoms with Crippen LogP contribution in [0.3, 0.4) is 0 Å². The number of thiazole rings is 1. The van der Waals surface area contributed by atoms with Crippen molar-refractivity contribution in [2.75, 3.05) is 14.1 Å². The highest BCUT2D eigenvalue weighted by atomic mass is 32.1. The Morgan fingerprint density at radius 2 is 1.97 bits per heavy atom. The van der Waals surface area contributed by atoms with E-state index in [1.165, 1.54) is 24.8 Å². The van der Waals surface area contributed by atoms with E-state index in [-0.39, 0.29) is 18.0 Å². The molecule has 0 spiro atoms. The number of likely N-dealkylation sites (N-methyl/N-ethyl adjacent to an activating group) is 1. The van der Waals surface area contributed by atoms with Gasteiger partial charge in [0.25, 0.3) is 0 Å². The van der Waals surface area contributed by atoms with E-state index in [1.54, 1.807) is 42.5 Å². The van der Waals surface area contributed by atoms with Gasteiger partial charge in [0.15, 0.2) is 0 Å². The van der Waals surface area contributed by atoms with E-state index < -0.39 is 5.97 Å². The smallest absolute Gasteiger partial charge is 0.335 e. The van der Waals surface area contributed by atoms with Gasteiger partial charge in [0.1, 0.15) is 6.54 Å². The van der Waals surface area contributed by atoms with E-state index >= 15 is 0 Å². The van der Waals surface area contributed by atoms with Gasteiger partial charge >= 0.3 is 5.97 Å². The van der Waals surface area contributed by atoms with E-state index in [4.69, 9.17) is 0 Å². The highest BCUT2D eigenvalue weighted by Crippen LogP contribution is 2.45. The molecule has 1 aliphatic carbocycles. The van der Waals surface area contributed by atoms with Crippen LogP contribution < -0.4 is 0 Å². The fourth-order valence-electron chi connectivity index (χ4n) is 4.49. The normalized spacial score (nSPS) is 14.9. The molecule has 0 saturated heterocycles. The number of carbonyl (C=O) groups excluding carboxylic acids is 1. The van der Waals surface area contributed by atoms with Crippen molar-refractivity contribution in [1.29, 1.82) is 0 Å². The van der Waals surface area contributed by atoms with Crippen LogP contribution in [0.15, 0.2) is 24.4 Å². The zero-order valence-electron chi connectivity index (χ0n) is 17.6. The zero-order valence-corrected chi connectivity index (χ0v) is 18.5. The predicted octanol–water partition coefficient (Wildman–Crippen LogP) is 4.91. The molecule has 2 aromatic heterocycles. The van der Waals surface area contributed by atoms with E-state index in [0.717, 1.165) is 39.3 Å². The van der Waals surface area contributed by atoms with E-state index in [1.807, 2.05) is 23.8 Å². The molecule has 3 aromatic rings. The van der Waals surface area contributed by atoms with Gasteiger partial charge < -0.3 is 14.6 Å². The Morgan fingerprint density at radius 3 is 2.57 bits per heavy atom. The number of hydrogen-bond acceptors (Lipinski definition) is 4. The van der Waals surface area contributed by atoms with Gasteiger partial charge in [-0.25, -0.2) is 9.78 Å². The third kappa shape index (κ3) is 3.74. The second-order valence-corrected chi connectivity index (χ2v) is 9.49. The number of rotatable bonds is 5. The maximum Gasteiger partial charge on any atom is 0.335 e. The molecule has 0 bridgehead atoms. The maximum atomic E-state index is 12.7. The van der Waals surface area contributed by atoms with Gasteiger partial charge in [-0.15, -0.1) is 11.3 Å². The van der Waals surface area contributed by atoms with Crippen LogP contribution in [0.1, 0.15) is 59.0 Å². The predicted molar refractivity (Wildman–Crippen MR) is 119 cm³/mol. The standard InChI is InChI=1S/C23H27N3O3S/c1-14-24-12-19(30-14)22-21(15-7-5-4-6-8-15)17-10-9-16(23(28)29)11-18(17)26(22)13-20(27)25(2)3/h9-12,15H,4-8,13H2,1-3H3,(H,28,29). The number of carboxylic acids is 1. The van der Waals surface area contributed by atoms with Crippen molar-refractivity contribution in [2.24, 2.45) is 0 Å². The van der Waals surface area contributed by atoms with Crippen molar-refractivity contribution < 1.29 is 14.7 Å². The van der Waals surface area contributed by atoms with Gasteiger partial charge in [0.05, 0.1) is 26.7 Å². The second kappa shape index (κ2) is 8.22. The van der Waals surface area contributed by atoms with Crippen molar-refractivity contribution >= 4 is 34.1 Å². The van der Waals surface area contributed by atoms with E-state index in [2.05, 4.69) is 4.98 Å². The Kier molecular flexibility index (Phi) is 5.64. The summed E-state index contributed by atoms with van der Waals surface area (Å²) < 4.78 is 2.01. The minimum Gasteiger partial charge on any atom is -0.478 e. The van der Waals surface area contributed by atoms with Crippen molar-refractivity contribution in [3.63, 3.8) is 0 Å². The molecular formula is C23H27N3O3S. The van der Waals surface area contributed by atoms with Crippen LogP contribution in [0.4, 0.5) is 0 Å². The molecule has 1 saturated carbocycles. The first-order valence-electron chi connectivity index (χ1n) is 10.4. The summed E-state index contributed by atoms with van der Waals surface area (Å²) in [6.45, 7) is 2.15. The number of aryl methyl sites for hydroxylation is 1. The van der Waals surface area contributed by atoms with Crippen LogP contribution in [0.25, 0.3) is 21.5 Å². The summed E-state index contributed by atoms with van der Waals surface area (Å²) in [6, 6.07) is 5.32. The molecule has 1 aliphatic rings. The summed E-state index contributed by atoms with van der Waals surface area (Å²) in [6.07, 6.45) is 7.77. The van der Waals surface area contributed by atoms with Crippen molar-refractivity contribution in [3.8, 4) is 10.6 Å². The van der Waals surface area contributed by atoms with Gasteiger partial charge in [-0.1, -0.05) is 25.3 Å². The number of aromatic nitrogens is 2. The van der Waals surface area contributed by atoms with E-state index in [9.17, 15) is 14.7 Å². The molecule has 1 aromatic carbocycles. The summed E-state index contributed by atoms with van der Waals surface area (Å²) in [5.74, 6) is -0.576. The average Bonchev–Trinajstić information content (AvgIpc) is 3.29. The molecule has 0 radical (unpaired) electrons. The Labute approximate surface area is 180 Å². The number of amides is 1. The molecule has 0 aliphatic heterocycles. The summed E-state index contributed by atoms with van der Waals surface area (Å²) in [5, 5.41) is 11.6. The Bertz CT molecular complexity index is 1110. The topological polar surface area (TPSA) is 75.4 Å². The van der Waals surface area contributed by atoms with Crippen LogP contribution in [0.2, 0.25) is 0 Å². The molecule has 1 N–H and O–H groups in total. The first-order valence-corrected chi connectivity index (χ1v) is 11.2. The molecule has 2 heterocycles. The largest absolute Gasteiger partial charge is 0.478 e. The lowest BCUT2D eigenvalue weighted by atomic mass is 9.82. The van der Waals surface area contributed by atoms with Crippen LogP contribution in [-0.4, -0.2) is 45.5 Å². The van der Waals surface area contributed by atoms with Gasteiger partial charge in [-0.05, 0) is 43.4 Å². The lowest BCUT2D eigenvalue weighted by Crippen LogP contribution is -2.26. The van der Waals surface area contributed by atoms with Gasteiger partial charge in [0, 0.05) is 25.7 Å². The SMILES string of the molecule is Cc1ncc(-c2c(C3CCCCC3)c3ccc(C(=O)O)cc3n2CC(=O)N(C)C)s1. The maximum absolute atomic E-state index is 12.7. The average molecular weight is 426 g/mol. The highest BCUT2D eigenvalue weighted by molar-refractivity contribution is 7.15. The lowest BCUT2D eigenvalue weighted by Gasteiger charge is -2.23. The third-order valence-corrected chi connectivity index (χ3v) is 6.93. The molecule has 0 unspecified atom stereocenters. The highest BCUT2D eigenvalue weighted by Gasteiger charge is 2.28. The fraction of sp³-hybridized carbons (Fsp3) is 0.435. The molecule has 7 heteroatoms. The summed E-state index contributed by atoms with van der Waals surface area (Å²) in [5.41, 5.74) is 3.32. The molecule has 1 fully saturated rings. The van der Waals surface area contributed by atoms with Gasteiger partial charge in [-0.3, -0.25) is 4.79 Å². The minimum absolute atomic E-state index is 0.0229. The Hall–Kier alpha value is -2.67. The summed E-state index contributed by atoms with van der Waals surface area (Å²) in [4.78, 5) is 31.5. The Balaban J connectivity index is 2.03. The monoisotopic (exact) mass is 425 g/mol. The van der Waals surface area contributed by atoms with Crippen LogP contribution >= 0.6 is 11.3 Å². The summed E-state index contributed by atoms with van der Waals surface area (Å²) >= 11 is 1.62. The van der Waals surface area contributed by atoms with Crippen LogP contribution in [0, 0.1) is 6.92 Å². The quantitative estimate of drug-likeness (QED) is 0.630. The molecular weight excluding hydrogens is 398 g/mol. The van der Waals surface area contributed by atoms with E-state index in [0.29, 0.717) is 5.92 Å². The molecule has 0 atom stereocenters. The molecule has 30 heavy (non-hydrogen) atoms. The van der Waals surface area contributed by atoms with Crippen LogP contribution in [-0.2, 0) is 11.3 Å².